The SMILES string of the molecule is NC(=O)[C@@H]1CCCN(c2cc(-c3cnn4c3CCCC4)c(Cl)cn2)C1. The number of fused-ring (bicyclic) bond motifs is 1. The number of carbonyl (C=O) groups excluding carboxylic acids is 1. The molecule has 0 bridgehead atoms. The van der Waals surface area contributed by atoms with Crippen LogP contribution in [0.3, 0.4) is 0 Å². The molecule has 2 aliphatic rings. The number of amides is 1. The molecule has 4 rings (SSSR count). The van der Waals surface area contributed by atoms with E-state index in [2.05, 4.69) is 19.7 Å². The third-order valence-electron chi connectivity index (χ3n) is 5.26. The maximum absolute atomic E-state index is 11.5. The van der Waals surface area contributed by atoms with Gasteiger partial charge in [0.25, 0.3) is 0 Å². The lowest BCUT2D eigenvalue weighted by Crippen LogP contribution is -2.41. The molecule has 0 aromatic carbocycles. The Morgan fingerprint density at radius 2 is 2.08 bits per heavy atom. The van der Waals surface area contributed by atoms with Crippen LogP contribution in [-0.2, 0) is 17.8 Å². The number of nitrogens with zero attached hydrogens (tertiary/aromatic N) is 4. The first-order valence-electron chi connectivity index (χ1n) is 8.88. The van der Waals surface area contributed by atoms with Crippen molar-refractivity contribution in [3.8, 4) is 11.1 Å². The third kappa shape index (κ3) is 3.11. The van der Waals surface area contributed by atoms with Crippen LogP contribution in [0, 0.1) is 5.92 Å². The molecular formula is C18H22ClN5O. The van der Waals surface area contributed by atoms with Crippen LogP contribution in [0.2, 0.25) is 5.02 Å². The van der Waals surface area contributed by atoms with E-state index >= 15 is 0 Å². The summed E-state index contributed by atoms with van der Waals surface area (Å²) < 4.78 is 2.08. The van der Waals surface area contributed by atoms with E-state index in [-0.39, 0.29) is 11.8 Å². The topological polar surface area (TPSA) is 77.0 Å². The third-order valence-corrected chi connectivity index (χ3v) is 5.56. The number of carbonyl (C=O) groups is 1. The molecule has 1 fully saturated rings. The van der Waals surface area contributed by atoms with Gasteiger partial charge in [0.15, 0.2) is 0 Å². The fraction of sp³-hybridized carbons (Fsp3) is 0.500. The Labute approximate surface area is 152 Å². The molecule has 2 aromatic heterocycles. The van der Waals surface area contributed by atoms with Gasteiger partial charge in [-0.2, -0.15) is 5.10 Å². The molecule has 1 atom stereocenters. The van der Waals surface area contributed by atoms with Gasteiger partial charge in [-0.25, -0.2) is 4.98 Å². The summed E-state index contributed by atoms with van der Waals surface area (Å²) in [5.41, 5.74) is 8.81. The van der Waals surface area contributed by atoms with Gasteiger partial charge in [-0.1, -0.05) is 11.6 Å². The molecule has 0 saturated carbocycles. The first kappa shape index (κ1) is 16.4. The monoisotopic (exact) mass is 359 g/mol. The minimum Gasteiger partial charge on any atom is -0.369 e. The number of primary amides is 1. The van der Waals surface area contributed by atoms with Crippen molar-refractivity contribution in [3.63, 3.8) is 0 Å². The Kier molecular flexibility index (Phi) is 4.37. The molecule has 1 saturated heterocycles. The Hall–Kier alpha value is -2.08. The standard InChI is InChI=1S/C18H22ClN5O/c19-15-10-21-17(23-6-3-4-12(11-23)18(20)25)8-13(15)14-9-22-24-7-2-1-5-16(14)24/h8-10,12H,1-7,11H2,(H2,20,25)/t12-/m1/s1. The molecule has 6 nitrogen and oxygen atoms in total. The number of anilines is 1. The van der Waals surface area contributed by atoms with Crippen molar-refractivity contribution in [2.24, 2.45) is 11.7 Å². The zero-order chi connectivity index (χ0) is 17.4. The van der Waals surface area contributed by atoms with Gasteiger partial charge in [0.05, 0.1) is 17.1 Å². The zero-order valence-corrected chi connectivity index (χ0v) is 14.9. The van der Waals surface area contributed by atoms with Gasteiger partial charge in [-0.3, -0.25) is 9.48 Å². The van der Waals surface area contributed by atoms with Crippen molar-refractivity contribution in [1.82, 2.24) is 14.8 Å². The minimum absolute atomic E-state index is 0.112. The van der Waals surface area contributed by atoms with Gasteiger partial charge < -0.3 is 10.6 Å². The molecule has 2 aliphatic heterocycles. The fourth-order valence-electron chi connectivity index (χ4n) is 3.87. The van der Waals surface area contributed by atoms with E-state index in [0.717, 1.165) is 49.3 Å². The van der Waals surface area contributed by atoms with Gasteiger partial charge in [0.2, 0.25) is 5.91 Å². The van der Waals surface area contributed by atoms with E-state index in [0.29, 0.717) is 11.6 Å². The highest BCUT2D eigenvalue weighted by atomic mass is 35.5. The molecule has 0 radical (unpaired) electrons. The van der Waals surface area contributed by atoms with E-state index < -0.39 is 0 Å². The number of halogens is 1. The van der Waals surface area contributed by atoms with Crippen LogP contribution in [0.5, 0.6) is 0 Å². The molecule has 0 unspecified atom stereocenters. The van der Waals surface area contributed by atoms with Crippen molar-refractivity contribution < 1.29 is 4.79 Å². The number of aromatic nitrogens is 3. The molecule has 4 heterocycles. The maximum Gasteiger partial charge on any atom is 0.222 e. The van der Waals surface area contributed by atoms with Crippen LogP contribution in [0.25, 0.3) is 11.1 Å². The van der Waals surface area contributed by atoms with Crippen LogP contribution >= 0.6 is 11.6 Å². The summed E-state index contributed by atoms with van der Waals surface area (Å²) in [4.78, 5) is 18.2. The number of aryl methyl sites for hydroxylation is 1. The highest BCUT2D eigenvalue weighted by Gasteiger charge is 2.26. The molecule has 7 heteroatoms. The molecule has 0 aliphatic carbocycles. The lowest BCUT2D eigenvalue weighted by atomic mass is 9.97. The Morgan fingerprint density at radius 3 is 2.92 bits per heavy atom. The normalized spacial score (nSPS) is 20.4. The van der Waals surface area contributed by atoms with Gasteiger partial charge in [0, 0.05) is 42.7 Å². The molecule has 25 heavy (non-hydrogen) atoms. The number of pyridine rings is 1. The predicted molar refractivity (Wildman–Crippen MR) is 97.5 cm³/mol. The highest BCUT2D eigenvalue weighted by Crippen LogP contribution is 2.35. The molecule has 2 N–H and O–H groups in total. The second-order valence-corrected chi connectivity index (χ2v) is 7.30. The maximum atomic E-state index is 11.5. The lowest BCUT2D eigenvalue weighted by molar-refractivity contribution is -0.122. The second kappa shape index (κ2) is 6.67. The van der Waals surface area contributed by atoms with E-state index in [1.54, 1.807) is 6.20 Å². The number of hydrogen-bond acceptors (Lipinski definition) is 4. The van der Waals surface area contributed by atoms with Crippen LogP contribution in [0.15, 0.2) is 18.5 Å². The second-order valence-electron chi connectivity index (χ2n) is 6.90. The Morgan fingerprint density at radius 1 is 1.20 bits per heavy atom. The van der Waals surface area contributed by atoms with Crippen molar-refractivity contribution in [1.29, 1.82) is 0 Å². The largest absolute Gasteiger partial charge is 0.369 e. The van der Waals surface area contributed by atoms with Crippen LogP contribution in [-0.4, -0.2) is 33.8 Å². The molecule has 132 valence electrons. The fourth-order valence-corrected chi connectivity index (χ4v) is 4.08. The first-order valence-corrected chi connectivity index (χ1v) is 9.26. The number of nitrogens with two attached hydrogens (primary N) is 1. The van der Waals surface area contributed by atoms with Crippen LogP contribution < -0.4 is 10.6 Å². The van der Waals surface area contributed by atoms with Crippen molar-refractivity contribution >= 4 is 23.3 Å². The summed E-state index contributed by atoms with van der Waals surface area (Å²) in [5, 5.41) is 5.15. The average Bonchev–Trinajstić information content (AvgIpc) is 3.06. The number of piperidine rings is 1. The first-order chi connectivity index (χ1) is 12.1. The van der Waals surface area contributed by atoms with Gasteiger partial charge in [-0.05, 0) is 38.2 Å². The van der Waals surface area contributed by atoms with Crippen molar-refractivity contribution in [2.45, 2.75) is 38.6 Å². The number of hydrogen-bond donors (Lipinski definition) is 1. The van der Waals surface area contributed by atoms with Gasteiger partial charge in [-0.15, -0.1) is 0 Å². The lowest BCUT2D eigenvalue weighted by Gasteiger charge is -2.32. The van der Waals surface area contributed by atoms with Crippen LogP contribution in [0.1, 0.15) is 31.4 Å². The molecule has 2 aromatic rings. The Bertz CT molecular complexity index is 803. The summed E-state index contributed by atoms with van der Waals surface area (Å²) in [6, 6.07) is 2.03. The van der Waals surface area contributed by atoms with Crippen LogP contribution in [0.4, 0.5) is 5.82 Å². The van der Waals surface area contributed by atoms with Gasteiger partial charge in [0.1, 0.15) is 5.82 Å². The number of rotatable bonds is 3. The van der Waals surface area contributed by atoms with Crippen molar-refractivity contribution in [2.75, 3.05) is 18.0 Å². The van der Waals surface area contributed by atoms with E-state index in [1.807, 2.05) is 12.3 Å². The van der Waals surface area contributed by atoms with Crippen molar-refractivity contribution in [3.05, 3.63) is 29.2 Å². The molecule has 0 spiro atoms. The summed E-state index contributed by atoms with van der Waals surface area (Å²) in [6.07, 6.45) is 8.78. The quantitative estimate of drug-likeness (QED) is 0.913. The van der Waals surface area contributed by atoms with Gasteiger partial charge >= 0.3 is 0 Å². The molecular weight excluding hydrogens is 338 g/mol. The smallest absolute Gasteiger partial charge is 0.222 e. The summed E-state index contributed by atoms with van der Waals surface area (Å²) in [7, 11) is 0. The highest BCUT2D eigenvalue weighted by molar-refractivity contribution is 6.33. The molecule has 1 amide bonds. The van der Waals surface area contributed by atoms with E-state index in [1.165, 1.54) is 18.5 Å². The zero-order valence-electron chi connectivity index (χ0n) is 14.1. The Balaban J connectivity index is 1.67. The summed E-state index contributed by atoms with van der Waals surface area (Å²) in [5.74, 6) is 0.504. The predicted octanol–water partition coefficient (Wildman–Crippen LogP) is 2.64. The minimum atomic E-state index is -0.232. The average molecular weight is 360 g/mol. The summed E-state index contributed by atoms with van der Waals surface area (Å²) in [6.45, 7) is 2.47. The van der Waals surface area contributed by atoms with E-state index in [4.69, 9.17) is 17.3 Å². The summed E-state index contributed by atoms with van der Waals surface area (Å²) >= 11 is 6.46. The van der Waals surface area contributed by atoms with E-state index in [9.17, 15) is 4.79 Å².